The van der Waals surface area contributed by atoms with E-state index >= 15 is 0 Å². The van der Waals surface area contributed by atoms with Crippen LogP contribution < -0.4 is 5.46 Å². The van der Waals surface area contributed by atoms with Crippen LogP contribution in [0.4, 0.5) is 0 Å². The van der Waals surface area contributed by atoms with E-state index in [0.29, 0.717) is 5.46 Å². The Labute approximate surface area is 128 Å². The van der Waals surface area contributed by atoms with Crippen molar-refractivity contribution in [1.82, 2.24) is 0 Å². The molecule has 1 fully saturated rings. The Morgan fingerprint density at radius 2 is 1.65 bits per heavy atom. The Morgan fingerprint density at radius 1 is 1.15 bits per heavy atom. The maximum Gasteiger partial charge on any atom is 0.496 e. The minimum atomic E-state index is -1.08. The monoisotopic (exact) mass is 316 g/mol. The van der Waals surface area contributed by atoms with Gasteiger partial charge in [-0.3, -0.25) is 0 Å². The number of hydrogen-bond acceptors (Lipinski definition) is 3. The number of hydrogen-bond donors (Lipinski definition) is 1. The van der Waals surface area contributed by atoms with E-state index in [1.54, 1.807) is 0 Å². The first-order valence-electron chi connectivity index (χ1n) is 6.13. The summed E-state index contributed by atoms with van der Waals surface area (Å²) in [6, 6.07) is 2.74. The molecular formula is C13H15BCl2O4. The first-order valence-corrected chi connectivity index (χ1v) is 6.88. The quantitative estimate of drug-likeness (QED) is 0.852. The van der Waals surface area contributed by atoms with Gasteiger partial charge < -0.3 is 14.4 Å². The van der Waals surface area contributed by atoms with Crippen LogP contribution in [0.3, 0.4) is 0 Å². The van der Waals surface area contributed by atoms with Gasteiger partial charge in [0.05, 0.1) is 26.8 Å². The lowest BCUT2D eigenvalue weighted by molar-refractivity contribution is 0.00578. The van der Waals surface area contributed by atoms with Gasteiger partial charge in [-0.15, -0.1) is 0 Å². The number of carboxylic acid groups (broad SMARTS) is 1. The lowest BCUT2D eigenvalue weighted by Crippen LogP contribution is -2.41. The fourth-order valence-corrected chi connectivity index (χ4v) is 2.30. The van der Waals surface area contributed by atoms with Gasteiger partial charge in [0.15, 0.2) is 0 Å². The third-order valence-electron chi connectivity index (χ3n) is 3.81. The van der Waals surface area contributed by atoms with Crippen LogP contribution in [0.5, 0.6) is 0 Å². The van der Waals surface area contributed by atoms with Crippen molar-refractivity contribution in [3.63, 3.8) is 0 Å². The number of aromatic carboxylic acids is 1. The highest BCUT2D eigenvalue weighted by Crippen LogP contribution is 2.37. The molecule has 1 N–H and O–H groups in total. The highest BCUT2D eigenvalue weighted by molar-refractivity contribution is 6.66. The Hall–Kier alpha value is -0.745. The minimum absolute atomic E-state index is 0.0455. The summed E-state index contributed by atoms with van der Waals surface area (Å²) in [5.41, 5.74) is -0.598. The topological polar surface area (TPSA) is 55.8 Å². The molecule has 0 amide bonds. The smallest absolute Gasteiger partial charge is 0.478 e. The van der Waals surface area contributed by atoms with Crippen molar-refractivity contribution in [1.29, 1.82) is 0 Å². The second kappa shape index (κ2) is 4.91. The van der Waals surface area contributed by atoms with E-state index in [9.17, 15) is 4.79 Å². The van der Waals surface area contributed by atoms with Gasteiger partial charge in [0, 0.05) is 5.46 Å². The van der Waals surface area contributed by atoms with E-state index in [4.69, 9.17) is 37.6 Å². The molecule has 0 aliphatic carbocycles. The summed E-state index contributed by atoms with van der Waals surface area (Å²) in [4.78, 5) is 11.1. The van der Waals surface area contributed by atoms with Crippen LogP contribution in [0.1, 0.15) is 38.1 Å². The minimum Gasteiger partial charge on any atom is -0.478 e. The van der Waals surface area contributed by atoms with Crippen molar-refractivity contribution in [3.05, 3.63) is 27.7 Å². The molecule has 1 aromatic rings. The molecule has 0 saturated carbocycles. The van der Waals surface area contributed by atoms with Gasteiger partial charge in [0.1, 0.15) is 0 Å². The van der Waals surface area contributed by atoms with Crippen molar-refractivity contribution in [3.8, 4) is 0 Å². The molecule has 1 heterocycles. The van der Waals surface area contributed by atoms with Gasteiger partial charge in [0.25, 0.3) is 0 Å². The number of carboxylic acids is 1. The Morgan fingerprint density at radius 3 is 2.10 bits per heavy atom. The second-order valence-corrected chi connectivity index (χ2v) is 6.54. The van der Waals surface area contributed by atoms with Crippen LogP contribution in [-0.4, -0.2) is 29.4 Å². The molecule has 4 nitrogen and oxygen atoms in total. The molecule has 0 radical (unpaired) electrons. The number of carbonyl (C=O) groups is 1. The predicted octanol–water partition coefficient (Wildman–Crippen LogP) is 2.99. The fourth-order valence-electron chi connectivity index (χ4n) is 1.88. The van der Waals surface area contributed by atoms with Crippen molar-refractivity contribution < 1.29 is 19.2 Å². The molecular weight excluding hydrogens is 302 g/mol. The van der Waals surface area contributed by atoms with Crippen LogP contribution in [0, 0.1) is 0 Å². The Bertz CT molecular complexity index is 556. The Balaban J connectivity index is 2.47. The van der Waals surface area contributed by atoms with Gasteiger partial charge in [0.2, 0.25) is 0 Å². The molecule has 108 valence electrons. The SMILES string of the molecule is CC1(C)OB(c2cc(C(=O)O)cc(Cl)c2Cl)OC1(C)C. The normalized spacial score (nSPS) is 20.2. The van der Waals surface area contributed by atoms with Gasteiger partial charge in [-0.2, -0.15) is 0 Å². The maximum absolute atomic E-state index is 11.1. The summed E-state index contributed by atoms with van der Waals surface area (Å²) in [7, 11) is -0.746. The molecule has 0 atom stereocenters. The van der Waals surface area contributed by atoms with Crippen molar-refractivity contribution in [2.75, 3.05) is 0 Å². The molecule has 1 aromatic carbocycles. The zero-order chi connectivity index (χ0) is 15.3. The van der Waals surface area contributed by atoms with Gasteiger partial charge in [-0.05, 0) is 39.8 Å². The molecule has 1 aliphatic rings. The van der Waals surface area contributed by atoms with Gasteiger partial charge >= 0.3 is 13.1 Å². The van der Waals surface area contributed by atoms with Crippen LogP contribution in [-0.2, 0) is 9.31 Å². The molecule has 1 aliphatic heterocycles. The van der Waals surface area contributed by atoms with Crippen LogP contribution >= 0.6 is 23.2 Å². The average molecular weight is 317 g/mol. The summed E-state index contributed by atoms with van der Waals surface area (Å²) in [5, 5.41) is 9.50. The van der Waals surface area contributed by atoms with Crippen molar-refractivity contribution in [2.24, 2.45) is 0 Å². The molecule has 1 saturated heterocycles. The molecule has 0 spiro atoms. The molecule has 20 heavy (non-hydrogen) atoms. The van der Waals surface area contributed by atoms with E-state index in [0.717, 1.165) is 0 Å². The van der Waals surface area contributed by atoms with Crippen LogP contribution in [0.25, 0.3) is 0 Å². The Kier molecular flexibility index (Phi) is 3.84. The molecule has 7 heteroatoms. The predicted molar refractivity (Wildman–Crippen MR) is 79.1 cm³/mol. The molecule has 0 unspecified atom stereocenters. The van der Waals surface area contributed by atoms with Gasteiger partial charge in [-0.1, -0.05) is 23.2 Å². The molecule has 2 rings (SSSR count). The summed E-state index contributed by atoms with van der Waals surface area (Å²) >= 11 is 12.1. The lowest BCUT2D eigenvalue weighted by Gasteiger charge is -2.32. The van der Waals surface area contributed by atoms with E-state index < -0.39 is 24.3 Å². The molecule has 0 bridgehead atoms. The zero-order valence-electron chi connectivity index (χ0n) is 11.7. The van der Waals surface area contributed by atoms with E-state index in [-0.39, 0.29) is 15.6 Å². The lowest BCUT2D eigenvalue weighted by atomic mass is 9.78. The van der Waals surface area contributed by atoms with E-state index in [1.807, 2.05) is 27.7 Å². The number of rotatable bonds is 2. The van der Waals surface area contributed by atoms with Crippen molar-refractivity contribution >= 4 is 41.8 Å². The summed E-state index contributed by atoms with van der Waals surface area (Å²) < 4.78 is 11.7. The standard InChI is InChI=1S/C13H15BCl2O4/c1-12(2)13(3,4)20-14(19-12)8-5-7(11(17)18)6-9(15)10(8)16/h5-6H,1-4H3,(H,17,18). The highest BCUT2D eigenvalue weighted by atomic mass is 35.5. The van der Waals surface area contributed by atoms with Crippen molar-refractivity contribution in [2.45, 2.75) is 38.9 Å². The summed E-state index contributed by atoms with van der Waals surface area (Å²) in [6.45, 7) is 7.63. The number of halogens is 2. The average Bonchev–Trinajstić information content (AvgIpc) is 2.51. The summed E-state index contributed by atoms with van der Waals surface area (Å²) in [5.74, 6) is -1.08. The van der Waals surface area contributed by atoms with E-state index in [2.05, 4.69) is 0 Å². The largest absolute Gasteiger partial charge is 0.496 e. The third kappa shape index (κ3) is 2.55. The third-order valence-corrected chi connectivity index (χ3v) is 4.63. The zero-order valence-corrected chi connectivity index (χ0v) is 13.2. The summed E-state index contributed by atoms with van der Waals surface area (Å²) in [6.07, 6.45) is 0. The second-order valence-electron chi connectivity index (χ2n) is 5.75. The van der Waals surface area contributed by atoms with Crippen LogP contribution in [0.2, 0.25) is 10.0 Å². The fraction of sp³-hybridized carbons (Fsp3) is 0.462. The molecule has 0 aromatic heterocycles. The first kappa shape index (κ1) is 15.6. The maximum atomic E-state index is 11.1. The van der Waals surface area contributed by atoms with Gasteiger partial charge in [-0.25, -0.2) is 4.79 Å². The number of benzene rings is 1. The van der Waals surface area contributed by atoms with E-state index in [1.165, 1.54) is 12.1 Å². The highest BCUT2D eigenvalue weighted by Gasteiger charge is 2.52. The van der Waals surface area contributed by atoms with Crippen LogP contribution in [0.15, 0.2) is 12.1 Å². The first-order chi connectivity index (χ1) is 9.05.